The van der Waals surface area contributed by atoms with Crippen LogP contribution in [0.1, 0.15) is 0 Å². The maximum atomic E-state index is 9.74. The van der Waals surface area contributed by atoms with Gasteiger partial charge in [-0.25, -0.2) is 0 Å². The molecular weight excluding hydrogens is 287 g/mol. The van der Waals surface area contributed by atoms with Crippen LogP contribution in [0.25, 0.3) is 11.1 Å². The lowest BCUT2D eigenvalue weighted by Gasteiger charge is -2.06. The van der Waals surface area contributed by atoms with Gasteiger partial charge in [-0.15, -0.1) is 0 Å². The lowest BCUT2D eigenvalue weighted by Crippen LogP contribution is -1.82. The molecule has 0 saturated heterocycles. The summed E-state index contributed by atoms with van der Waals surface area (Å²) in [7, 11) is 0. The van der Waals surface area contributed by atoms with Crippen LogP contribution in [-0.2, 0) is 0 Å². The molecule has 0 aliphatic rings. The summed E-state index contributed by atoms with van der Waals surface area (Å²) >= 11 is 2.23. The molecule has 1 N–H and O–H groups in total. The zero-order valence-electron chi connectivity index (χ0n) is 7.44. The molecule has 0 aliphatic heterocycles. The standard InChI is InChI=1S/C12H9IO/c13-10-7-4-8-11(14)12(10)9-5-2-1-3-6-9/h1-8,14H. The van der Waals surface area contributed by atoms with Crippen LogP contribution in [0.5, 0.6) is 5.75 Å². The van der Waals surface area contributed by atoms with Gasteiger partial charge in [-0.05, 0) is 40.3 Å². The van der Waals surface area contributed by atoms with Gasteiger partial charge in [0.1, 0.15) is 5.75 Å². The minimum atomic E-state index is 0.336. The van der Waals surface area contributed by atoms with E-state index in [2.05, 4.69) is 22.6 Å². The number of hydrogen-bond acceptors (Lipinski definition) is 1. The minimum Gasteiger partial charge on any atom is -0.507 e. The van der Waals surface area contributed by atoms with Crippen LogP contribution in [0, 0.1) is 3.57 Å². The highest BCUT2D eigenvalue weighted by Gasteiger charge is 2.06. The number of phenolic OH excluding ortho intramolecular Hbond substituents is 1. The number of rotatable bonds is 1. The van der Waals surface area contributed by atoms with Crippen LogP contribution in [0.2, 0.25) is 0 Å². The largest absolute Gasteiger partial charge is 0.507 e. The van der Waals surface area contributed by atoms with Crippen molar-refractivity contribution in [2.75, 3.05) is 0 Å². The molecule has 0 unspecified atom stereocenters. The Kier molecular flexibility index (Phi) is 2.72. The SMILES string of the molecule is Oc1cccc(I)c1-c1ccccc1. The molecule has 0 heterocycles. The van der Waals surface area contributed by atoms with Crippen molar-refractivity contribution in [3.63, 3.8) is 0 Å². The summed E-state index contributed by atoms with van der Waals surface area (Å²) in [5.41, 5.74) is 1.96. The number of aromatic hydroxyl groups is 1. The summed E-state index contributed by atoms with van der Waals surface area (Å²) < 4.78 is 1.06. The summed E-state index contributed by atoms with van der Waals surface area (Å²) in [6.45, 7) is 0. The molecule has 14 heavy (non-hydrogen) atoms. The van der Waals surface area contributed by atoms with Crippen molar-refractivity contribution in [1.82, 2.24) is 0 Å². The molecular formula is C12H9IO. The topological polar surface area (TPSA) is 20.2 Å². The number of benzene rings is 2. The predicted molar refractivity (Wildman–Crippen MR) is 66.3 cm³/mol. The van der Waals surface area contributed by atoms with Crippen LogP contribution < -0.4 is 0 Å². The second-order valence-corrected chi connectivity index (χ2v) is 4.16. The molecule has 0 fully saturated rings. The monoisotopic (exact) mass is 296 g/mol. The van der Waals surface area contributed by atoms with Gasteiger partial charge in [-0.1, -0.05) is 36.4 Å². The quantitative estimate of drug-likeness (QED) is 0.796. The first-order chi connectivity index (χ1) is 6.79. The highest BCUT2D eigenvalue weighted by atomic mass is 127. The Bertz CT molecular complexity index is 417. The van der Waals surface area contributed by atoms with Crippen molar-refractivity contribution in [3.8, 4) is 16.9 Å². The Labute approximate surface area is 96.5 Å². The van der Waals surface area contributed by atoms with E-state index in [1.807, 2.05) is 42.5 Å². The van der Waals surface area contributed by atoms with E-state index in [1.54, 1.807) is 6.07 Å². The molecule has 2 aromatic carbocycles. The highest BCUT2D eigenvalue weighted by Crippen LogP contribution is 2.32. The first kappa shape index (κ1) is 9.52. The number of phenols is 1. The fourth-order valence-electron chi connectivity index (χ4n) is 1.40. The molecule has 70 valence electrons. The Balaban J connectivity index is 2.63. The third-order valence-corrected chi connectivity index (χ3v) is 2.95. The van der Waals surface area contributed by atoms with Crippen molar-refractivity contribution < 1.29 is 5.11 Å². The van der Waals surface area contributed by atoms with Gasteiger partial charge in [0.05, 0.1) is 0 Å². The van der Waals surface area contributed by atoms with Crippen LogP contribution in [-0.4, -0.2) is 5.11 Å². The van der Waals surface area contributed by atoms with Gasteiger partial charge in [-0.2, -0.15) is 0 Å². The Hall–Kier alpha value is -1.03. The van der Waals surface area contributed by atoms with Gasteiger partial charge in [-0.3, -0.25) is 0 Å². The van der Waals surface area contributed by atoms with Crippen LogP contribution >= 0.6 is 22.6 Å². The van der Waals surface area contributed by atoms with Gasteiger partial charge in [0.15, 0.2) is 0 Å². The zero-order valence-corrected chi connectivity index (χ0v) is 9.60. The fraction of sp³-hybridized carbons (Fsp3) is 0. The van der Waals surface area contributed by atoms with Crippen LogP contribution in [0.4, 0.5) is 0 Å². The average molecular weight is 296 g/mol. The molecule has 2 rings (SSSR count). The molecule has 0 saturated carbocycles. The van der Waals surface area contributed by atoms with Gasteiger partial charge < -0.3 is 5.11 Å². The van der Waals surface area contributed by atoms with Crippen LogP contribution in [0.3, 0.4) is 0 Å². The molecule has 0 spiro atoms. The molecule has 0 aromatic heterocycles. The van der Waals surface area contributed by atoms with Crippen molar-refractivity contribution in [1.29, 1.82) is 0 Å². The zero-order chi connectivity index (χ0) is 9.97. The molecule has 0 aliphatic carbocycles. The summed E-state index contributed by atoms with van der Waals surface area (Å²) in [4.78, 5) is 0. The lowest BCUT2D eigenvalue weighted by atomic mass is 10.1. The molecule has 2 aromatic rings. The first-order valence-corrected chi connectivity index (χ1v) is 5.40. The first-order valence-electron chi connectivity index (χ1n) is 4.32. The van der Waals surface area contributed by atoms with Gasteiger partial charge in [0.25, 0.3) is 0 Å². The highest BCUT2D eigenvalue weighted by molar-refractivity contribution is 14.1. The molecule has 0 amide bonds. The second kappa shape index (κ2) is 4.00. The third-order valence-electron chi connectivity index (χ3n) is 2.05. The fourth-order valence-corrected chi connectivity index (χ4v) is 2.20. The van der Waals surface area contributed by atoms with E-state index < -0.39 is 0 Å². The van der Waals surface area contributed by atoms with Gasteiger partial charge in [0.2, 0.25) is 0 Å². The van der Waals surface area contributed by atoms with Crippen molar-refractivity contribution in [3.05, 3.63) is 52.1 Å². The number of halogens is 1. The third kappa shape index (κ3) is 1.75. The summed E-state index contributed by atoms with van der Waals surface area (Å²) in [5, 5.41) is 9.74. The van der Waals surface area contributed by atoms with E-state index in [9.17, 15) is 5.11 Å². The summed E-state index contributed by atoms with van der Waals surface area (Å²) in [5.74, 6) is 0.336. The van der Waals surface area contributed by atoms with Gasteiger partial charge >= 0.3 is 0 Å². The van der Waals surface area contributed by atoms with E-state index in [0.29, 0.717) is 5.75 Å². The Morgan fingerprint density at radius 3 is 2.21 bits per heavy atom. The Morgan fingerprint density at radius 1 is 0.857 bits per heavy atom. The van der Waals surface area contributed by atoms with E-state index in [4.69, 9.17) is 0 Å². The maximum absolute atomic E-state index is 9.74. The summed E-state index contributed by atoms with van der Waals surface area (Å²) in [6, 6.07) is 15.5. The van der Waals surface area contributed by atoms with E-state index in [1.165, 1.54) is 0 Å². The summed E-state index contributed by atoms with van der Waals surface area (Å²) in [6.07, 6.45) is 0. The minimum absolute atomic E-state index is 0.336. The van der Waals surface area contributed by atoms with Crippen LogP contribution in [0.15, 0.2) is 48.5 Å². The average Bonchev–Trinajstić information content (AvgIpc) is 2.19. The lowest BCUT2D eigenvalue weighted by molar-refractivity contribution is 0.477. The normalized spacial score (nSPS) is 10.1. The van der Waals surface area contributed by atoms with E-state index >= 15 is 0 Å². The second-order valence-electron chi connectivity index (χ2n) is 3.00. The number of hydrogen-bond donors (Lipinski definition) is 1. The predicted octanol–water partition coefficient (Wildman–Crippen LogP) is 3.66. The van der Waals surface area contributed by atoms with Gasteiger partial charge in [0, 0.05) is 9.13 Å². The maximum Gasteiger partial charge on any atom is 0.124 e. The smallest absolute Gasteiger partial charge is 0.124 e. The molecule has 0 radical (unpaired) electrons. The van der Waals surface area contributed by atoms with E-state index in [0.717, 1.165) is 14.7 Å². The van der Waals surface area contributed by atoms with Crippen molar-refractivity contribution >= 4 is 22.6 Å². The molecule has 0 bridgehead atoms. The van der Waals surface area contributed by atoms with Crippen molar-refractivity contribution in [2.24, 2.45) is 0 Å². The van der Waals surface area contributed by atoms with E-state index in [-0.39, 0.29) is 0 Å². The molecule has 1 nitrogen and oxygen atoms in total. The molecule has 0 atom stereocenters. The Morgan fingerprint density at radius 2 is 1.57 bits per heavy atom. The van der Waals surface area contributed by atoms with Crippen molar-refractivity contribution in [2.45, 2.75) is 0 Å². The molecule has 2 heteroatoms.